The number of carbonyl (C=O) groups is 1. The van der Waals surface area contributed by atoms with Gasteiger partial charge in [-0.05, 0) is 33.6 Å². The summed E-state index contributed by atoms with van der Waals surface area (Å²) in [5, 5.41) is 0. The lowest BCUT2D eigenvalue weighted by Gasteiger charge is -2.26. The second kappa shape index (κ2) is 4.99. The summed E-state index contributed by atoms with van der Waals surface area (Å²) in [6.07, 6.45) is -0.623. The summed E-state index contributed by atoms with van der Waals surface area (Å²) in [5.74, 6) is 0. The van der Waals surface area contributed by atoms with Crippen LogP contribution in [-0.2, 0) is 4.74 Å². The number of amides is 1. The van der Waals surface area contributed by atoms with Crippen LogP contribution in [0.3, 0.4) is 0 Å². The Morgan fingerprint density at radius 2 is 1.94 bits per heavy atom. The van der Waals surface area contributed by atoms with Gasteiger partial charge in [-0.25, -0.2) is 9.18 Å². The monoisotopic (exact) mass is 232 g/mol. The number of hydrogen-bond donors (Lipinski definition) is 1. The Balaban J connectivity index is 2.51. The minimum absolute atomic E-state index is 0.292. The molecule has 0 radical (unpaired) electrons. The van der Waals surface area contributed by atoms with Crippen molar-refractivity contribution in [3.05, 3.63) is 0 Å². The third-order valence-electron chi connectivity index (χ3n) is 2.52. The van der Waals surface area contributed by atoms with Gasteiger partial charge in [0.25, 0.3) is 0 Å². The summed E-state index contributed by atoms with van der Waals surface area (Å²) in [6.45, 7) is 6.28. The van der Waals surface area contributed by atoms with Crippen molar-refractivity contribution in [2.45, 2.75) is 51.4 Å². The van der Waals surface area contributed by atoms with Crippen LogP contribution in [0.5, 0.6) is 0 Å². The number of halogens is 1. The molecule has 1 fully saturated rings. The number of nitrogens with two attached hydrogens (primary N) is 1. The van der Waals surface area contributed by atoms with E-state index in [0.29, 0.717) is 25.9 Å². The normalized spacial score (nSPS) is 27.4. The fourth-order valence-corrected chi connectivity index (χ4v) is 1.60. The van der Waals surface area contributed by atoms with Crippen LogP contribution in [0, 0.1) is 0 Å². The second-order valence-electron chi connectivity index (χ2n) is 5.22. The summed E-state index contributed by atoms with van der Waals surface area (Å²) >= 11 is 0. The van der Waals surface area contributed by atoms with Crippen molar-refractivity contribution in [1.29, 1.82) is 0 Å². The first-order valence-electron chi connectivity index (χ1n) is 5.67. The zero-order valence-corrected chi connectivity index (χ0v) is 10.2. The van der Waals surface area contributed by atoms with Crippen LogP contribution in [-0.4, -0.2) is 41.9 Å². The minimum Gasteiger partial charge on any atom is -0.444 e. The summed E-state index contributed by atoms with van der Waals surface area (Å²) in [4.78, 5) is 13.3. The molecule has 16 heavy (non-hydrogen) atoms. The molecule has 1 aliphatic heterocycles. The number of carbonyl (C=O) groups excluding carboxylic acids is 1. The summed E-state index contributed by atoms with van der Waals surface area (Å²) in [6, 6.07) is -0.465. The zero-order chi connectivity index (χ0) is 12.3. The third kappa shape index (κ3) is 3.96. The molecule has 1 heterocycles. The Labute approximate surface area is 95.9 Å². The van der Waals surface area contributed by atoms with Crippen LogP contribution in [0.25, 0.3) is 0 Å². The fourth-order valence-electron chi connectivity index (χ4n) is 1.60. The van der Waals surface area contributed by atoms with Gasteiger partial charge >= 0.3 is 6.09 Å². The number of nitrogens with zero attached hydrogens (tertiary/aromatic N) is 1. The molecule has 5 heteroatoms. The predicted octanol–water partition coefficient (Wildman–Crippen LogP) is 1.68. The minimum atomic E-state index is -1.02. The van der Waals surface area contributed by atoms with E-state index in [2.05, 4.69) is 0 Å². The van der Waals surface area contributed by atoms with Crippen molar-refractivity contribution in [1.82, 2.24) is 4.90 Å². The van der Waals surface area contributed by atoms with E-state index in [4.69, 9.17) is 10.5 Å². The lowest BCUT2D eigenvalue weighted by molar-refractivity contribution is 0.0254. The molecule has 0 aromatic heterocycles. The first kappa shape index (κ1) is 13.2. The van der Waals surface area contributed by atoms with E-state index in [9.17, 15) is 9.18 Å². The van der Waals surface area contributed by atoms with E-state index in [-0.39, 0.29) is 6.09 Å². The molecule has 0 spiro atoms. The Morgan fingerprint density at radius 3 is 2.50 bits per heavy atom. The van der Waals surface area contributed by atoms with Gasteiger partial charge in [0.15, 0.2) is 0 Å². The predicted molar refractivity (Wildman–Crippen MR) is 59.9 cm³/mol. The fraction of sp³-hybridized carbons (Fsp3) is 0.909. The van der Waals surface area contributed by atoms with Crippen LogP contribution in [0.4, 0.5) is 9.18 Å². The molecule has 4 nitrogen and oxygen atoms in total. The topological polar surface area (TPSA) is 55.6 Å². The quantitative estimate of drug-likeness (QED) is 0.691. The van der Waals surface area contributed by atoms with E-state index < -0.39 is 17.8 Å². The molecular weight excluding hydrogens is 211 g/mol. The highest BCUT2D eigenvalue weighted by Crippen LogP contribution is 2.16. The molecule has 1 saturated heterocycles. The Morgan fingerprint density at radius 1 is 1.38 bits per heavy atom. The van der Waals surface area contributed by atoms with Gasteiger partial charge in [0.1, 0.15) is 11.8 Å². The van der Waals surface area contributed by atoms with E-state index >= 15 is 0 Å². The van der Waals surface area contributed by atoms with Crippen molar-refractivity contribution in [2.24, 2.45) is 5.73 Å². The van der Waals surface area contributed by atoms with Gasteiger partial charge in [-0.1, -0.05) is 0 Å². The maximum Gasteiger partial charge on any atom is 0.410 e. The van der Waals surface area contributed by atoms with Gasteiger partial charge in [0, 0.05) is 19.1 Å². The van der Waals surface area contributed by atoms with E-state index in [1.807, 2.05) is 20.8 Å². The standard InChI is InChI=1S/C11H21FN2O2/c1-11(2,3)16-10(15)14-6-4-8(12)9(13)5-7-14/h8-9H,4-7,13H2,1-3H3/t8-,9+/m0/s1. The summed E-state index contributed by atoms with van der Waals surface area (Å²) < 4.78 is 18.5. The lowest BCUT2D eigenvalue weighted by atomic mass is 10.1. The maximum absolute atomic E-state index is 13.3. The van der Waals surface area contributed by atoms with Gasteiger partial charge in [0.05, 0.1) is 0 Å². The third-order valence-corrected chi connectivity index (χ3v) is 2.52. The van der Waals surface area contributed by atoms with Crippen molar-refractivity contribution < 1.29 is 13.9 Å². The van der Waals surface area contributed by atoms with Gasteiger partial charge in [-0.2, -0.15) is 0 Å². The van der Waals surface area contributed by atoms with Crippen molar-refractivity contribution in [3.8, 4) is 0 Å². The van der Waals surface area contributed by atoms with E-state index in [1.54, 1.807) is 0 Å². The summed E-state index contributed by atoms with van der Waals surface area (Å²) in [5.41, 5.74) is 5.10. The molecule has 1 rings (SSSR count). The molecular formula is C11H21FN2O2. The van der Waals surface area contributed by atoms with Crippen LogP contribution in [0.1, 0.15) is 33.6 Å². The molecule has 2 atom stereocenters. The van der Waals surface area contributed by atoms with Crippen LogP contribution >= 0.6 is 0 Å². The smallest absolute Gasteiger partial charge is 0.410 e. The highest BCUT2D eigenvalue weighted by atomic mass is 19.1. The highest BCUT2D eigenvalue weighted by molar-refractivity contribution is 5.68. The lowest BCUT2D eigenvalue weighted by Crippen LogP contribution is -2.37. The van der Waals surface area contributed by atoms with Crippen LogP contribution in [0.15, 0.2) is 0 Å². The largest absolute Gasteiger partial charge is 0.444 e. The molecule has 1 amide bonds. The number of ether oxygens (including phenoxy) is 1. The van der Waals surface area contributed by atoms with Crippen LogP contribution in [0.2, 0.25) is 0 Å². The molecule has 2 N–H and O–H groups in total. The Hall–Kier alpha value is -0.840. The molecule has 0 aromatic carbocycles. The SMILES string of the molecule is CC(C)(C)OC(=O)N1CC[C@@H](N)[C@@H](F)CC1. The summed E-state index contributed by atoms with van der Waals surface area (Å²) in [7, 11) is 0. The average Bonchev–Trinajstić information content (AvgIpc) is 2.28. The van der Waals surface area contributed by atoms with Gasteiger partial charge in [-0.15, -0.1) is 0 Å². The zero-order valence-electron chi connectivity index (χ0n) is 10.2. The van der Waals surface area contributed by atoms with Crippen molar-refractivity contribution in [3.63, 3.8) is 0 Å². The van der Waals surface area contributed by atoms with Gasteiger partial charge < -0.3 is 15.4 Å². The molecule has 0 saturated carbocycles. The van der Waals surface area contributed by atoms with Crippen molar-refractivity contribution in [2.75, 3.05) is 13.1 Å². The molecule has 0 unspecified atom stereocenters. The maximum atomic E-state index is 13.3. The number of hydrogen-bond acceptors (Lipinski definition) is 3. The molecule has 1 aliphatic rings. The van der Waals surface area contributed by atoms with E-state index in [1.165, 1.54) is 4.90 Å². The van der Waals surface area contributed by atoms with Gasteiger partial charge in [0.2, 0.25) is 0 Å². The second-order valence-corrected chi connectivity index (χ2v) is 5.22. The molecule has 0 bridgehead atoms. The first-order chi connectivity index (χ1) is 7.29. The Bertz CT molecular complexity index is 241. The number of alkyl halides is 1. The van der Waals surface area contributed by atoms with E-state index in [0.717, 1.165) is 0 Å². The first-order valence-corrected chi connectivity index (χ1v) is 5.67. The molecule has 0 aromatic rings. The van der Waals surface area contributed by atoms with Crippen LogP contribution < -0.4 is 5.73 Å². The Kier molecular flexibility index (Phi) is 4.13. The average molecular weight is 232 g/mol. The van der Waals surface area contributed by atoms with Gasteiger partial charge in [-0.3, -0.25) is 0 Å². The molecule has 0 aliphatic carbocycles. The molecule has 94 valence electrons. The number of rotatable bonds is 0. The van der Waals surface area contributed by atoms with Crippen molar-refractivity contribution >= 4 is 6.09 Å². The highest BCUT2D eigenvalue weighted by Gasteiger charge is 2.28. The number of likely N-dealkylation sites (tertiary alicyclic amines) is 1.